The minimum Gasteiger partial charge on any atom is -0.488 e. The predicted molar refractivity (Wildman–Crippen MR) is 125 cm³/mol. The number of nitrogens with zero attached hydrogens (tertiary/aromatic N) is 1. The van der Waals surface area contributed by atoms with Gasteiger partial charge in [0.25, 0.3) is 0 Å². The van der Waals surface area contributed by atoms with E-state index in [9.17, 15) is 5.11 Å². The molecule has 2 fully saturated rings. The zero-order chi connectivity index (χ0) is 20.8. The summed E-state index contributed by atoms with van der Waals surface area (Å²) in [4.78, 5) is 2.50. The zero-order valence-electron chi connectivity index (χ0n) is 17.7. The molecule has 0 radical (unpaired) electrons. The van der Waals surface area contributed by atoms with Gasteiger partial charge in [-0.2, -0.15) is 0 Å². The molecule has 1 aliphatic carbocycles. The second-order valence-electron chi connectivity index (χ2n) is 8.73. The van der Waals surface area contributed by atoms with Gasteiger partial charge < -0.3 is 20.1 Å². The maximum absolute atomic E-state index is 11.6. The van der Waals surface area contributed by atoms with E-state index in [4.69, 9.17) is 4.74 Å². The van der Waals surface area contributed by atoms with E-state index in [1.807, 2.05) is 18.2 Å². The van der Waals surface area contributed by atoms with Gasteiger partial charge in [-0.25, -0.2) is 0 Å². The van der Waals surface area contributed by atoms with E-state index in [1.54, 1.807) is 0 Å². The largest absolute Gasteiger partial charge is 0.488 e. The summed E-state index contributed by atoms with van der Waals surface area (Å²) < 4.78 is 7.01. The van der Waals surface area contributed by atoms with Gasteiger partial charge in [0.2, 0.25) is 0 Å². The first-order valence-corrected chi connectivity index (χ1v) is 12.0. The van der Waals surface area contributed by atoms with Gasteiger partial charge in [-0.3, -0.25) is 0 Å². The number of piperazine rings is 1. The monoisotopic (exact) mass is 472 g/mol. The van der Waals surface area contributed by atoms with Crippen LogP contribution in [0.3, 0.4) is 0 Å². The quantitative estimate of drug-likeness (QED) is 0.612. The number of benzene rings is 2. The molecule has 0 amide bonds. The second kappa shape index (κ2) is 10.3. The Morgan fingerprint density at radius 3 is 2.47 bits per heavy atom. The lowest BCUT2D eigenvalue weighted by molar-refractivity contribution is -0.0317. The Balaban J connectivity index is 1.52. The van der Waals surface area contributed by atoms with Crippen LogP contribution in [0, 0.1) is 0 Å². The predicted octanol–water partition coefficient (Wildman–Crippen LogP) is 4.71. The summed E-state index contributed by atoms with van der Waals surface area (Å²) in [6, 6.07) is 16.6. The van der Waals surface area contributed by atoms with Crippen LogP contribution in [0.5, 0.6) is 5.75 Å². The van der Waals surface area contributed by atoms with E-state index < -0.39 is 5.60 Å². The Kier molecular flexibility index (Phi) is 7.47. The SMILES string of the molecule is OC1(C(CN2CCNCC2)c2ccc(OCc3ccccc3)c(Br)c2)CCCCC1. The standard InChI is InChI=1S/C25H33BrN2O2/c26-23-17-21(9-10-24(23)30-19-20-7-3-1-4-8-20)22(18-28-15-13-27-14-16-28)25(29)11-5-2-6-12-25/h1,3-4,7-10,17,22,27,29H,2,5-6,11-16,18-19H2. The third-order valence-corrected chi connectivity index (χ3v) is 7.23. The second-order valence-corrected chi connectivity index (χ2v) is 9.59. The van der Waals surface area contributed by atoms with Crippen molar-refractivity contribution in [2.75, 3.05) is 32.7 Å². The van der Waals surface area contributed by atoms with Gasteiger partial charge in [-0.15, -0.1) is 0 Å². The topological polar surface area (TPSA) is 44.7 Å². The van der Waals surface area contributed by atoms with Crippen molar-refractivity contribution in [2.45, 2.75) is 50.2 Å². The van der Waals surface area contributed by atoms with E-state index >= 15 is 0 Å². The summed E-state index contributed by atoms with van der Waals surface area (Å²) in [6.07, 6.45) is 5.27. The number of nitrogens with one attached hydrogen (secondary N) is 1. The van der Waals surface area contributed by atoms with Gasteiger partial charge in [0, 0.05) is 38.6 Å². The Morgan fingerprint density at radius 2 is 1.77 bits per heavy atom. The minimum atomic E-state index is -0.616. The van der Waals surface area contributed by atoms with Crippen molar-refractivity contribution in [2.24, 2.45) is 0 Å². The molecule has 4 nitrogen and oxygen atoms in total. The molecule has 1 saturated carbocycles. The van der Waals surface area contributed by atoms with E-state index in [1.165, 1.54) is 12.0 Å². The molecule has 1 atom stereocenters. The summed E-state index contributed by atoms with van der Waals surface area (Å²) in [5.41, 5.74) is 1.74. The summed E-state index contributed by atoms with van der Waals surface area (Å²) in [6.45, 7) is 5.61. The smallest absolute Gasteiger partial charge is 0.134 e. The number of hydrogen-bond donors (Lipinski definition) is 2. The molecule has 0 bridgehead atoms. The Hall–Kier alpha value is -1.40. The van der Waals surface area contributed by atoms with Crippen molar-refractivity contribution in [3.8, 4) is 5.75 Å². The van der Waals surface area contributed by atoms with Crippen LogP contribution < -0.4 is 10.1 Å². The first-order chi connectivity index (χ1) is 14.6. The molecule has 0 spiro atoms. The van der Waals surface area contributed by atoms with E-state index in [2.05, 4.69) is 56.5 Å². The van der Waals surface area contributed by atoms with Crippen molar-refractivity contribution in [3.05, 3.63) is 64.1 Å². The highest BCUT2D eigenvalue weighted by Crippen LogP contribution is 2.42. The third-order valence-electron chi connectivity index (χ3n) is 6.61. The van der Waals surface area contributed by atoms with Gasteiger partial charge in [0.15, 0.2) is 0 Å². The molecular formula is C25H33BrN2O2. The first kappa shape index (κ1) is 21.8. The molecule has 1 unspecified atom stereocenters. The van der Waals surface area contributed by atoms with Gasteiger partial charge in [-0.1, -0.05) is 55.7 Å². The molecule has 162 valence electrons. The van der Waals surface area contributed by atoms with Crippen molar-refractivity contribution in [1.29, 1.82) is 0 Å². The highest BCUT2D eigenvalue weighted by atomic mass is 79.9. The molecule has 1 aliphatic heterocycles. The average molecular weight is 473 g/mol. The maximum Gasteiger partial charge on any atom is 0.134 e. The van der Waals surface area contributed by atoms with Crippen LogP contribution in [-0.2, 0) is 6.61 Å². The molecule has 4 rings (SSSR count). The number of ether oxygens (including phenoxy) is 1. The van der Waals surface area contributed by atoms with E-state index in [0.29, 0.717) is 6.61 Å². The fraction of sp³-hybridized carbons (Fsp3) is 0.520. The molecular weight excluding hydrogens is 440 g/mol. The number of halogens is 1. The van der Waals surface area contributed by atoms with Crippen LogP contribution in [0.1, 0.15) is 49.1 Å². The lowest BCUT2D eigenvalue weighted by atomic mass is 9.72. The fourth-order valence-electron chi connectivity index (χ4n) is 4.84. The van der Waals surface area contributed by atoms with E-state index in [0.717, 1.165) is 74.2 Å². The Labute approximate surface area is 188 Å². The molecule has 1 heterocycles. The number of aliphatic hydroxyl groups is 1. The van der Waals surface area contributed by atoms with Crippen LogP contribution >= 0.6 is 15.9 Å². The van der Waals surface area contributed by atoms with Crippen LogP contribution in [0.25, 0.3) is 0 Å². The number of hydrogen-bond acceptors (Lipinski definition) is 4. The maximum atomic E-state index is 11.6. The molecule has 2 N–H and O–H groups in total. The summed E-state index contributed by atoms with van der Waals surface area (Å²) >= 11 is 3.73. The molecule has 30 heavy (non-hydrogen) atoms. The molecule has 2 aromatic rings. The van der Waals surface area contributed by atoms with Crippen molar-refractivity contribution < 1.29 is 9.84 Å². The lowest BCUT2D eigenvalue weighted by Crippen LogP contribution is -2.49. The molecule has 0 aromatic heterocycles. The fourth-order valence-corrected chi connectivity index (χ4v) is 5.35. The minimum absolute atomic E-state index is 0.121. The van der Waals surface area contributed by atoms with Gasteiger partial charge in [-0.05, 0) is 52.0 Å². The molecule has 1 saturated heterocycles. The summed E-state index contributed by atoms with van der Waals surface area (Å²) in [5, 5.41) is 15.1. The molecule has 5 heteroatoms. The van der Waals surface area contributed by atoms with Gasteiger partial charge in [0.05, 0.1) is 10.1 Å². The van der Waals surface area contributed by atoms with Crippen LogP contribution in [0.4, 0.5) is 0 Å². The highest BCUT2D eigenvalue weighted by molar-refractivity contribution is 9.10. The van der Waals surface area contributed by atoms with Gasteiger partial charge >= 0.3 is 0 Å². The Bertz CT molecular complexity index is 802. The van der Waals surface area contributed by atoms with Crippen molar-refractivity contribution in [1.82, 2.24) is 10.2 Å². The normalized spacial score (nSPS) is 20.6. The van der Waals surface area contributed by atoms with Gasteiger partial charge in [0.1, 0.15) is 12.4 Å². The average Bonchev–Trinajstić information content (AvgIpc) is 2.78. The zero-order valence-corrected chi connectivity index (χ0v) is 19.2. The van der Waals surface area contributed by atoms with Crippen LogP contribution in [0.2, 0.25) is 0 Å². The highest BCUT2D eigenvalue weighted by Gasteiger charge is 2.39. The third kappa shape index (κ3) is 5.44. The van der Waals surface area contributed by atoms with E-state index in [-0.39, 0.29) is 5.92 Å². The Morgan fingerprint density at radius 1 is 1.03 bits per heavy atom. The summed E-state index contributed by atoms with van der Waals surface area (Å²) in [5.74, 6) is 0.967. The first-order valence-electron chi connectivity index (χ1n) is 11.3. The summed E-state index contributed by atoms with van der Waals surface area (Å²) in [7, 11) is 0. The van der Waals surface area contributed by atoms with Crippen LogP contribution in [-0.4, -0.2) is 48.3 Å². The molecule has 2 aliphatic rings. The molecule has 2 aromatic carbocycles. The van der Waals surface area contributed by atoms with Crippen molar-refractivity contribution in [3.63, 3.8) is 0 Å². The van der Waals surface area contributed by atoms with Crippen LogP contribution in [0.15, 0.2) is 53.0 Å². The lowest BCUT2D eigenvalue weighted by Gasteiger charge is -2.42. The number of rotatable bonds is 7. The van der Waals surface area contributed by atoms with Crippen molar-refractivity contribution >= 4 is 15.9 Å².